The largest absolute Gasteiger partial charge is 0.339 e. The fourth-order valence-electron chi connectivity index (χ4n) is 3.52. The standard InChI is InChI=1S/C19H27N3O2.ClH/c23-18(14-17-6-5-11-20-17)21-16-9-7-15(8-10-16)19(24)22-12-3-1-2-4-13-22;/h7-10,17,20H,1-6,11-14H2,(H,21,23);1H. The second kappa shape index (κ2) is 9.78. The van der Waals surface area contributed by atoms with Crippen LogP contribution in [0, 0.1) is 0 Å². The van der Waals surface area contributed by atoms with E-state index < -0.39 is 0 Å². The van der Waals surface area contributed by atoms with E-state index in [1.165, 1.54) is 12.8 Å². The summed E-state index contributed by atoms with van der Waals surface area (Å²) in [6, 6.07) is 7.58. The number of rotatable bonds is 4. The van der Waals surface area contributed by atoms with E-state index in [1.807, 2.05) is 29.2 Å². The average Bonchev–Trinajstić information content (AvgIpc) is 2.94. The number of carbonyl (C=O) groups excluding carboxylic acids is 2. The number of hydrogen-bond donors (Lipinski definition) is 2. The molecule has 2 aliphatic rings. The Kier molecular flexibility index (Phi) is 7.72. The van der Waals surface area contributed by atoms with Crippen LogP contribution in [0.5, 0.6) is 0 Å². The number of likely N-dealkylation sites (tertiary alicyclic amines) is 1. The topological polar surface area (TPSA) is 61.4 Å². The first-order chi connectivity index (χ1) is 11.7. The van der Waals surface area contributed by atoms with E-state index in [2.05, 4.69) is 10.6 Å². The number of amides is 2. The highest BCUT2D eigenvalue weighted by Gasteiger charge is 2.19. The van der Waals surface area contributed by atoms with Crippen molar-refractivity contribution in [3.8, 4) is 0 Å². The Labute approximate surface area is 155 Å². The van der Waals surface area contributed by atoms with Crippen molar-refractivity contribution in [2.24, 2.45) is 0 Å². The Balaban J connectivity index is 0.00000225. The molecule has 1 unspecified atom stereocenters. The van der Waals surface area contributed by atoms with Crippen molar-refractivity contribution in [1.82, 2.24) is 10.2 Å². The molecule has 2 heterocycles. The van der Waals surface area contributed by atoms with E-state index in [0.29, 0.717) is 18.0 Å². The van der Waals surface area contributed by atoms with Gasteiger partial charge in [-0.3, -0.25) is 9.59 Å². The third kappa shape index (κ3) is 5.72. The van der Waals surface area contributed by atoms with Gasteiger partial charge in [0.25, 0.3) is 5.91 Å². The number of anilines is 1. The zero-order chi connectivity index (χ0) is 16.8. The molecule has 2 amide bonds. The molecule has 2 fully saturated rings. The molecule has 1 atom stereocenters. The van der Waals surface area contributed by atoms with Crippen LogP contribution in [0.25, 0.3) is 0 Å². The van der Waals surface area contributed by atoms with Crippen LogP contribution in [-0.2, 0) is 4.79 Å². The second-order valence-corrected chi connectivity index (χ2v) is 6.83. The molecule has 2 saturated heterocycles. The number of nitrogens with one attached hydrogen (secondary N) is 2. The van der Waals surface area contributed by atoms with Crippen LogP contribution in [0.15, 0.2) is 24.3 Å². The monoisotopic (exact) mass is 365 g/mol. The Morgan fingerprint density at radius 1 is 1.04 bits per heavy atom. The van der Waals surface area contributed by atoms with Crippen molar-refractivity contribution in [3.05, 3.63) is 29.8 Å². The zero-order valence-electron chi connectivity index (χ0n) is 14.6. The lowest BCUT2D eigenvalue weighted by Gasteiger charge is -2.20. The first-order valence-corrected chi connectivity index (χ1v) is 9.15. The number of nitrogens with zero attached hydrogens (tertiary/aromatic N) is 1. The van der Waals surface area contributed by atoms with Crippen molar-refractivity contribution < 1.29 is 9.59 Å². The van der Waals surface area contributed by atoms with Crippen LogP contribution >= 0.6 is 12.4 Å². The third-order valence-corrected chi connectivity index (χ3v) is 4.90. The van der Waals surface area contributed by atoms with E-state index in [-0.39, 0.29) is 24.2 Å². The highest BCUT2D eigenvalue weighted by molar-refractivity contribution is 5.96. The molecule has 6 heteroatoms. The van der Waals surface area contributed by atoms with Gasteiger partial charge in [-0.05, 0) is 56.5 Å². The smallest absolute Gasteiger partial charge is 0.253 e. The van der Waals surface area contributed by atoms with Gasteiger partial charge in [0.05, 0.1) is 0 Å². The fraction of sp³-hybridized carbons (Fsp3) is 0.579. The maximum atomic E-state index is 12.5. The van der Waals surface area contributed by atoms with Gasteiger partial charge in [0.1, 0.15) is 0 Å². The molecular weight excluding hydrogens is 338 g/mol. The van der Waals surface area contributed by atoms with Gasteiger partial charge in [-0.15, -0.1) is 12.4 Å². The summed E-state index contributed by atoms with van der Waals surface area (Å²) >= 11 is 0. The second-order valence-electron chi connectivity index (χ2n) is 6.83. The molecule has 0 saturated carbocycles. The molecule has 25 heavy (non-hydrogen) atoms. The summed E-state index contributed by atoms with van der Waals surface area (Å²) in [6.07, 6.45) is 7.33. The van der Waals surface area contributed by atoms with Crippen LogP contribution < -0.4 is 10.6 Å². The lowest BCUT2D eigenvalue weighted by Crippen LogP contribution is -2.31. The van der Waals surface area contributed by atoms with Gasteiger partial charge in [-0.2, -0.15) is 0 Å². The molecule has 0 aromatic heterocycles. The Morgan fingerprint density at radius 2 is 1.72 bits per heavy atom. The SMILES string of the molecule is Cl.O=C(CC1CCCN1)Nc1ccc(C(=O)N2CCCCCC2)cc1. The summed E-state index contributed by atoms with van der Waals surface area (Å²) < 4.78 is 0. The Bertz CT molecular complexity index is 563. The number of carbonyl (C=O) groups is 2. The molecule has 3 rings (SSSR count). The quantitative estimate of drug-likeness (QED) is 0.861. The predicted molar refractivity (Wildman–Crippen MR) is 102 cm³/mol. The molecule has 5 nitrogen and oxygen atoms in total. The van der Waals surface area contributed by atoms with Crippen molar-refractivity contribution in [2.45, 2.75) is 51.0 Å². The minimum Gasteiger partial charge on any atom is -0.339 e. The Hall–Kier alpha value is -1.59. The van der Waals surface area contributed by atoms with Crippen LogP contribution in [0.1, 0.15) is 55.3 Å². The molecule has 138 valence electrons. The maximum absolute atomic E-state index is 12.5. The molecule has 0 bridgehead atoms. The van der Waals surface area contributed by atoms with Crippen LogP contribution in [0.3, 0.4) is 0 Å². The molecule has 1 aromatic carbocycles. The highest BCUT2D eigenvalue weighted by Crippen LogP contribution is 2.16. The van der Waals surface area contributed by atoms with Crippen molar-refractivity contribution >= 4 is 29.9 Å². The molecule has 0 radical (unpaired) electrons. The van der Waals surface area contributed by atoms with Crippen molar-refractivity contribution in [2.75, 3.05) is 25.0 Å². The molecule has 0 aliphatic carbocycles. The lowest BCUT2D eigenvalue weighted by atomic mass is 10.1. The third-order valence-electron chi connectivity index (χ3n) is 4.90. The van der Waals surface area contributed by atoms with Crippen molar-refractivity contribution in [1.29, 1.82) is 0 Å². The fourth-order valence-corrected chi connectivity index (χ4v) is 3.52. The highest BCUT2D eigenvalue weighted by atomic mass is 35.5. The van der Waals surface area contributed by atoms with E-state index in [1.54, 1.807) is 0 Å². The summed E-state index contributed by atoms with van der Waals surface area (Å²) in [6.45, 7) is 2.71. The first kappa shape index (κ1) is 19.7. The average molecular weight is 366 g/mol. The number of benzene rings is 1. The zero-order valence-corrected chi connectivity index (χ0v) is 15.4. The molecular formula is C19H28ClN3O2. The summed E-state index contributed by atoms with van der Waals surface area (Å²) in [4.78, 5) is 26.5. The number of hydrogen-bond acceptors (Lipinski definition) is 3. The van der Waals surface area contributed by atoms with Gasteiger partial charge in [-0.1, -0.05) is 12.8 Å². The van der Waals surface area contributed by atoms with Gasteiger partial charge >= 0.3 is 0 Å². The summed E-state index contributed by atoms with van der Waals surface area (Å²) in [5.74, 6) is 0.130. The summed E-state index contributed by atoms with van der Waals surface area (Å²) in [7, 11) is 0. The van der Waals surface area contributed by atoms with Gasteiger partial charge in [0, 0.05) is 36.8 Å². The molecule has 2 aliphatic heterocycles. The van der Waals surface area contributed by atoms with Gasteiger partial charge in [0.2, 0.25) is 5.91 Å². The van der Waals surface area contributed by atoms with E-state index in [4.69, 9.17) is 0 Å². The lowest BCUT2D eigenvalue weighted by molar-refractivity contribution is -0.116. The van der Waals surface area contributed by atoms with Gasteiger partial charge < -0.3 is 15.5 Å². The minimum atomic E-state index is 0. The van der Waals surface area contributed by atoms with Gasteiger partial charge in [-0.25, -0.2) is 0 Å². The van der Waals surface area contributed by atoms with E-state index in [0.717, 1.165) is 51.0 Å². The summed E-state index contributed by atoms with van der Waals surface area (Å²) in [5.41, 5.74) is 1.46. The predicted octanol–water partition coefficient (Wildman–Crippen LogP) is 3.21. The molecule has 0 spiro atoms. The van der Waals surface area contributed by atoms with Crippen molar-refractivity contribution in [3.63, 3.8) is 0 Å². The molecule has 2 N–H and O–H groups in total. The normalized spacial score (nSPS) is 20.5. The van der Waals surface area contributed by atoms with E-state index >= 15 is 0 Å². The molecule has 1 aromatic rings. The Morgan fingerprint density at radius 3 is 2.32 bits per heavy atom. The van der Waals surface area contributed by atoms with Crippen LogP contribution in [0.4, 0.5) is 5.69 Å². The van der Waals surface area contributed by atoms with Crippen LogP contribution in [0.2, 0.25) is 0 Å². The van der Waals surface area contributed by atoms with Gasteiger partial charge in [0.15, 0.2) is 0 Å². The van der Waals surface area contributed by atoms with Crippen LogP contribution in [-0.4, -0.2) is 42.4 Å². The summed E-state index contributed by atoms with van der Waals surface area (Å²) in [5, 5.41) is 6.25. The minimum absolute atomic E-state index is 0. The van der Waals surface area contributed by atoms with E-state index in [9.17, 15) is 9.59 Å². The number of halogens is 1. The first-order valence-electron chi connectivity index (χ1n) is 9.15. The maximum Gasteiger partial charge on any atom is 0.253 e.